The van der Waals surface area contributed by atoms with E-state index in [1.54, 1.807) is 6.26 Å². The summed E-state index contributed by atoms with van der Waals surface area (Å²) < 4.78 is 5.36. The van der Waals surface area contributed by atoms with Gasteiger partial charge in [0.2, 0.25) is 0 Å². The predicted molar refractivity (Wildman–Crippen MR) is 107 cm³/mol. The first kappa shape index (κ1) is 16.9. The molecule has 2 N–H and O–H groups in total. The lowest BCUT2D eigenvalue weighted by molar-refractivity contribution is -0.137. The number of nitrogens with one attached hydrogen (secondary N) is 1. The van der Waals surface area contributed by atoms with Crippen molar-refractivity contribution in [1.82, 2.24) is 0 Å². The van der Waals surface area contributed by atoms with Crippen LogP contribution in [0.1, 0.15) is 18.0 Å². The first-order chi connectivity index (χ1) is 13.2. The Labute approximate surface area is 157 Å². The fourth-order valence-electron chi connectivity index (χ4n) is 3.22. The van der Waals surface area contributed by atoms with Gasteiger partial charge in [-0.1, -0.05) is 54.6 Å². The Hall–Kier alpha value is -3.53. The van der Waals surface area contributed by atoms with Gasteiger partial charge in [0.05, 0.1) is 18.7 Å². The summed E-state index contributed by atoms with van der Waals surface area (Å²) in [5.41, 5.74) is 4.85. The molecule has 134 valence electrons. The van der Waals surface area contributed by atoms with Gasteiger partial charge in [0, 0.05) is 11.1 Å². The van der Waals surface area contributed by atoms with Gasteiger partial charge in [0.1, 0.15) is 5.58 Å². The third kappa shape index (κ3) is 3.85. The van der Waals surface area contributed by atoms with Gasteiger partial charge in [-0.05, 0) is 41.0 Å². The summed E-state index contributed by atoms with van der Waals surface area (Å²) in [6.07, 6.45) is 1.64. The molecule has 0 saturated carbocycles. The molecule has 4 heteroatoms. The minimum atomic E-state index is -0.843. The lowest BCUT2D eigenvalue weighted by Crippen LogP contribution is -2.15. The lowest BCUT2D eigenvalue weighted by Gasteiger charge is -2.19. The molecule has 4 aromatic rings. The van der Waals surface area contributed by atoms with Crippen LogP contribution in [0.15, 0.2) is 89.5 Å². The minimum absolute atomic E-state index is 0.00585. The molecule has 1 atom stereocenters. The standard InChI is InChI=1S/C23H19NO3/c25-23(26)15-21(24-20-10-11-22-19(14-20)12-13-27-22)18-8-6-17(7-9-18)16-4-2-1-3-5-16/h1-14,21,24H,15H2,(H,25,26). The second-order valence-corrected chi connectivity index (χ2v) is 6.46. The molecule has 4 rings (SSSR count). The van der Waals surface area contributed by atoms with Crippen molar-refractivity contribution in [3.63, 3.8) is 0 Å². The first-order valence-corrected chi connectivity index (χ1v) is 8.80. The number of aliphatic carboxylic acids is 1. The smallest absolute Gasteiger partial charge is 0.305 e. The van der Waals surface area contributed by atoms with Crippen molar-refractivity contribution in [1.29, 1.82) is 0 Å². The van der Waals surface area contributed by atoms with Gasteiger partial charge < -0.3 is 14.8 Å². The summed E-state index contributed by atoms with van der Waals surface area (Å²) in [5.74, 6) is -0.843. The quantitative estimate of drug-likeness (QED) is 0.463. The lowest BCUT2D eigenvalue weighted by atomic mass is 9.99. The summed E-state index contributed by atoms with van der Waals surface area (Å²) in [5, 5.41) is 13.7. The molecule has 0 aliphatic carbocycles. The molecular formula is C23H19NO3. The molecule has 0 spiro atoms. The highest BCUT2D eigenvalue weighted by atomic mass is 16.4. The monoisotopic (exact) mass is 357 g/mol. The number of fused-ring (bicyclic) bond motifs is 1. The molecule has 0 radical (unpaired) electrons. The first-order valence-electron chi connectivity index (χ1n) is 8.80. The zero-order valence-corrected chi connectivity index (χ0v) is 14.6. The number of carboxylic acids is 1. The van der Waals surface area contributed by atoms with Crippen LogP contribution in [0.25, 0.3) is 22.1 Å². The molecule has 0 aliphatic heterocycles. The molecule has 1 heterocycles. The van der Waals surface area contributed by atoms with Gasteiger partial charge in [0.15, 0.2) is 0 Å². The van der Waals surface area contributed by atoms with Crippen molar-refractivity contribution in [3.05, 3.63) is 90.7 Å². The van der Waals surface area contributed by atoms with E-state index in [-0.39, 0.29) is 12.5 Å². The van der Waals surface area contributed by atoms with Gasteiger partial charge >= 0.3 is 5.97 Å². The van der Waals surface area contributed by atoms with E-state index < -0.39 is 5.97 Å². The predicted octanol–water partition coefficient (Wildman–Crippen LogP) is 5.73. The number of carboxylic acid groups (broad SMARTS) is 1. The van der Waals surface area contributed by atoms with E-state index in [4.69, 9.17) is 4.42 Å². The molecule has 0 bridgehead atoms. The number of carbonyl (C=O) groups is 1. The van der Waals surface area contributed by atoms with Crippen LogP contribution in [0, 0.1) is 0 Å². The third-order valence-electron chi connectivity index (χ3n) is 4.59. The second-order valence-electron chi connectivity index (χ2n) is 6.46. The third-order valence-corrected chi connectivity index (χ3v) is 4.59. The topological polar surface area (TPSA) is 62.5 Å². The van der Waals surface area contributed by atoms with Gasteiger partial charge in [-0.25, -0.2) is 0 Å². The van der Waals surface area contributed by atoms with Crippen LogP contribution in [0.3, 0.4) is 0 Å². The fourth-order valence-corrected chi connectivity index (χ4v) is 3.22. The van der Waals surface area contributed by atoms with Crippen LogP contribution >= 0.6 is 0 Å². The van der Waals surface area contributed by atoms with E-state index in [1.807, 2.05) is 66.7 Å². The Bertz CT molecular complexity index is 1050. The average molecular weight is 357 g/mol. The van der Waals surface area contributed by atoms with E-state index >= 15 is 0 Å². The van der Waals surface area contributed by atoms with Gasteiger partial charge in [0.25, 0.3) is 0 Å². The molecule has 0 saturated heterocycles. The van der Waals surface area contributed by atoms with Crippen LogP contribution < -0.4 is 5.32 Å². The average Bonchev–Trinajstić information content (AvgIpc) is 3.16. The highest BCUT2D eigenvalue weighted by Crippen LogP contribution is 2.28. The number of hydrogen-bond acceptors (Lipinski definition) is 3. The number of benzene rings is 3. The fraction of sp³-hybridized carbons (Fsp3) is 0.0870. The van der Waals surface area contributed by atoms with E-state index in [2.05, 4.69) is 17.4 Å². The van der Waals surface area contributed by atoms with Crippen LogP contribution in [-0.4, -0.2) is 11.1 Å². The molecule has 1 aromatic heterocycles. The molecule has 0 aliphatic rings. The molecular weight excluding hydrogens is 338 g/mol. The summed E-state index contributed by atoms with van der Waals surface area (Å²) in [7, 11) is 0. The largest absolute Gasteiger partial charge is 0.481 e. The van der Waals surface area contributed by atoms with Gasteiger partial charge in [-0.15, -0.1) is 0 Å². The molecule has 27 heavy (non-hydrogen) atoms. The zero-order chi connectivity index (χ0) is 18.6. The SMILES string of the molecule is O=C(O)CC(Nc1ccc2occc2c1)c1ccc(-c2ccccc2)cc1. The summed E-state index contributed by atoms with van der Waals surface area (Å²) >= 11 is 0. The Morgan fingerprint density at radius 2 is 1.67 bits per heavy atom. The van der Waals surface area contributed by atoms with Gasteiger partial charge in [-0.3, -0.25) is 4.79 Å². The maximum atomic E-state index is 11.4. The van der Waals surface area contributed by atoms with Crippen molar-refractivity contribution in [2.45, 2.75) is 12.5 Å². The summed E-state index contributed by atoms with van der Waals surface area (Å²) in [6, 6.07) is 25.5. The van der Waals surface area contributed by atoms with E-state index in [1.165, 1.54) is 0 Å². The Morgan fingerprint density at radius 3 is 2.41 bits per heavy atom. The van der Waals surface area contributed by atoms with Crippen molar-refractivity contribution in [3.8, 4) is 11.1 Å². The summed E-state index contributed by atoms with van der Waals surface area (Å²) in [4.78, 5) is 11.4. The normalized spacial score (nSPS) is 12.0. The van der Waals surface area contributed by atoms with Crippen molar-refractivity contribution < 1.29 is 14.3 Å². The van der Waals surface area contributed by atoms with Crippen LogP contribution in [-0.2, 0) is 4.79 Å². The number of anilines is 1. The maximum absolute atomic E-state index is 11.4. The minimum Gasteiger partial charge on any atom is -0.481 e. The molecule has 4 nitrogen and oxygen atoms in total. The molecule has 0 fully saturated rings. The molecule has 3 aromatic carbocycles. The van der Waals surface area contributed by atoms with E-state index in [9.17, 15) is 9.90 Å². The number of hydrogen-bond donors (Lipinski definition) is 2. The van der Waals surface area contributed by atoms with Gasteiger partial charge in [-0.2, -0.15) is 0 Å². The Kier molecular flexibility index (Phi) is 4.62. The van der Waals surface area contributed by atoms with Crippen molar-refractivity contribution in [2.75, 3.05) is 5.32 Å². The number of furan rings is 1. The highest BCUT2D eigenvalue weighted by Gasteiger charge is 2.16. The Balaban J connectivity index is 1.60. The van der Waals surface area contributed by atoms with Crippen LogP contribution in [0.2, 0.25) is 0 Å². The second kappa shape index (κ2) is 7.38. The molecule has 0 amide bonds. The Morgan fingerprint density at radius 1 is 0.926 bits per heavy atom. The number of rotatable bonds is 6. The molecule has 1 unspecified atom stereocenters. The highest BCUT2D eigenvalue weighted by molar-refractivity contribution is 5.81. The van der Waals surface area contributed by atoms with E-state index in [0.29, 0.717) is 0 Å². The van der Waals surface area contributed by atoms with Crippen molar-refractivity contribution >= 4 is 22.6 Å². The summed E-state index contributed by atoms with van der Waals surface area (Å²) in [6.45, 7) is 0. The van der Waals surface area contributed by atoms with Crippen LogP contribution in [0.4, 0.5) is 5.69 Å². The van der Waals surface area contributed by atoms with E-state index in [0.717, 1.165) is 33.3 Å². The van der Waals surface area contributed by atoms with Crippen molar-refractivity contribution in [2.24, 2.45) is 0 Å². The maximum Gasteiger partial charge on any atom is 0.305 e. The van der Waals surface area contributed by atoms with Crippen LogP contribution in [0.5, 0.6) is 0 Å². The zero-order valence-electron chi connectivity index (χ0n) is 14.6.